The second kappa shape index (κ2) is 6.23. The molecule has 0 bridgehead atoms. The Labute approximate surface area is 117 Å². The van der Waals surface area contributed by atoms with Crippen LogP contribution in [0.1, 0.15) is 24.8 Å². The lowest BCUT2D eigenvalue weighted by molar-refractivity contribution is -0.150. The van der Waals surface area contributed by atoms with E-state index in [-0.39, 0.29) is 11.7 Å². The van der Waals surface area contributed by atoms with Crippen LogP contribution in [0.15, 0.2) is 30.3 Å². The van der Waals surface area contributed by atoms with Crippen LogP contribution in [0.2, 0.25) is 0 Å². The molecule has 1 aliphatic heterocycles. The number of carbonyl (C=O) groups excluding carboxylic acids is 1. The van der Waals surface area contributed by atoms with Crippen LogP contribution in [-0.4, -0.2) is 39.6 Å². The van der Waals surface area contributed by atoms with Crippen molar-refractivity contribution >= 4 is 18.0 Å². The molecule has 1 aromatic rings. The van der Waals surface area contributed by atoms with Crippen LogP contribution in [0.25, 0.3) is 6.08 Å². The largest absolute Gasteiger partial charge is 0.508 e. The number of rotatable bonds is 3. The fourth-order valence-electron chi connectivity index (χ4n) is 2.30. The number of aromatic hydroxyl groups is 1. The normalized spacial score (nSPS) is 19.2. The lowest BCUT2D eigenvalue weighted by Gasteiger charge is -2.32. The Balaban J connectivity index is 2.06. The third kappa shape index (κ3) is 3.38. The summed E-state index contributed by atoms with van der Waals surface area (Å²) in [7, 11) is 0. The number of phenols is 1. The predicted molar refractivity (Wildman–Crippen MR) is 74.1 cm³/mol. The smallest absolute Gasteiger partial charge is 0.326 e. The van der Waals surface area contributed by atoms with Crippen molar-refractivity contribution in [2.24, 2.45) is 0 Å². The van der Waals surface area contributed by atoms with Gasteiger partial charge in [0.15, 0.2) is 0 Å². The summed E-state index contributed by atoms with van der Waals surface area (Å²) < 4.78 is 0. The highest BCUT2D eigenvalue weighted by Gasteiger charge is 2.30. The first-order chi connectivity index (χ1) is 9.58. The number of carboxylic acids is 1. The molecule has 0 spiro atoms. The first kappa shape index (κ1) is 14.1. The summed E-state index contributed by atoms with van der Waals surface area (Å²) in [5, 5.41) is 18.3. The molecule has 1 aliphatic rings. The van der Waals surface area contributed by atoms with Crippen molar-refractivity contribution in [2.75, 3.05) is 6.54 Å². The van der Waals surface area contributed by atoms with Gasteiger partial charge in [0.25, 0.3) is 0 Å². The second-order valence-corrected chi connectivity index (χ2v) is 4.81. The van der Waals surface area contributed by atoms with E-state index in [1.54, 1.807) is 18.2 Å². The van der Waals surface area contributed by atoms with Crippen LogP contribution in [0, 0.1) is 0 Å². The molecular weight excluding hydrogens is 258 g/mol. The van der Waals surface area contributed by atoms with Crippen molar-refractivity contribution in [1.82, 2.24) is 4.90 Å². The van der Waals surface area contributed by atoms with Crippen molar-refractivity contribution in [3.63, 3.8) is 0 Å². The Hall–Kier alpha value is -2.30. The van der Waals surface area contributed by atoms with E-state index < -0.39 is 12.0 Å². The summed E-state index contributed by atoms with van der Waals surface area (Å²) in [5.74, 6) is -1.07. The number of likely N-dealkylation sites (tertiary alicyclic amines) is 1. The molecule has 1 atom stereocenters. The molecule has 1 saturated heterocycles. The van der Waals surface area contributed by atoms with Gasteiger partial charge in [-0.05, 0) is 43.0 Å². The Morgan fingerprint density at radius 1 is 1.20 bits per heavy atom. The topological polar surface area (TPSA) is 77.8 Å². The van der Waals surface area contributed by atoms with Gasteiger partial charge in [0.2, 0.25) is 5.91 Å². The average Bonchev–Trinajstić information content (AvgIpc) is 2.46. The predicted octanol–water partition coefficient (Wildman–Crippen LogP) is 1.87. The van der Waals surface area contributed by atoms with E-state index >= 15 is 0 Å². The maximum Gasteiger partial charge on any atom is 0.326 e. The van der Waals surface area contributed by atoms with E-state index in [2.05, 4.69) is 0 Å². The molecule has 2 N–H and O–H groups in total. The maximum atomic E-state index is 12.1. The molecule has 0 aromatic heterocycles. The molecule has 5 heteroatoms. The van der Waals surface area contributed by atoms with Crippen LogP contribution in [-0.2, 0) is 9.59 Å². The van der Waals surface area contributed by atoms with Gasteiger partial charge in [-0.1, -0.05) is 12.1 Å². The van der Waals surface area contributed by atoms with E-state index in [0.717, 1.165) is 18.4 Å². The Morgan fingerprint density at radius 2 is 1.90 bits per heavy atom. The summed E-state index contributed by atoms with van der Waals surface area (Å²) in [4.78, 5) is 24.6. The van der Waals surface area contributed by atoms with Gasteiger partial charge in [-0.3, -0.25) is 4.79 Å². The van der Waals surface area contributed by atoms with Crippen molar-refractivity contribution < 1.29 is 19.8 Å². The molecular formula is C15H17NO4. The standard InChI is InChI=1S/C15H17NO4/c17-12-7-4-11(5-8-12)6-9-14(18)16-10-2-1-3-13(16)15(19)20/h4-9,13,17H,1-3,10H2,(H,19,20)/t13-/m0/s1. The summed E-state index contributed by atoms with van der Waals surface area (Å²) in [6, 6.07) is 5.71. The summed E-state index contributed by atoms with van der Waals surface area (Å²) in [5.41, 5.74) is 0.778. The van der Waals surface area contributed by atoms with Crippen molar-refractivity contribution in [2.45, 2.75) is 25.3 Å². The zero-order chi connectivity index (χ0) is 14.5. The van der Waals surface area contributed by atoms with Crippen molar-refractivity contribution in [3.05, 3.63) is 35.9 Å². The molecule has 20 heavy (non-hydrogen) atoms. The van der Waals surface area contributed by atoms with Crippen LogP contribution in [0.3, 0.4) is 0 Å². The van der Waals surface area contributed by atoms with Crippen molar-refractivity contribution in [3.8, 4) is 5.75 Å². The Morgan fingerprint density at radius 3 is 2.55 bits per heavy atom. The van der Waals surface area contributed by atoms with Gasteiger partial charge in [-0.25, -0.2) is 4.79 Å². The molecule has 1 aromatic carbocycles. The van der Waals surface area contributed by atoms with Gasteiger partial charge < -0.3 is 15.1 Å². The number of hydrogen-bond acceptors (Lipinski definition) is 3. The van der Waals surface area contributed by atoms with Gasteiger partial charge in [-0.2, -0.15) is 0 Å². The van der Waals surface area contributed by atoms with E-state index in [4.69, 9.17) is 10.2 Å². The number of hydrogen-bond donors (Lipinski definition) is 2. The number of amides is 1. The Kier molecular flexibility index (Phi) is 4.40. The van der Waals surface area contributed by atoms with Crippen molar-refractivity contribution in [1.29, 1.82) is 0 Å². The molecule has 1 heterocycles. The van der Waals surface area contributed by atoms with E-state index in [0.29, 0.717) is 13.0 Å². The highest BCUT2D eigenvalue weighted by Crippen LogP contribution is 2.18. The van der Waals surface area contributed by atoms with Gasteiger partial charge in [0.1, 0.15) is 11.8 Å². The SMILES string of the molecule is O=C(O)[C@@H]1CCCCN1C(=O)C=Cc1ccc(O)cc1. The lowest BCUT2D eigenvalue weighted by atomic mass is 10.0. The van der Waals surface area contributed by atoms with Crippen LogP contribution in [0.5, 0.6) is 5.75 Å². The van der Waals surface area contributed by atoms with Crippen LogP contribution < -0.4 is 0 Å². The summed E-state index contributed by atoms with van der Waals surface area (Å²) in [6.07, 6.45) is 5.18. The molecule has 0 aliphatic carbocycles. The lowest BCUT2D eigenvalue weighted by Crippen LogP contribution is -2.47. The van der Waals surface area contributed by atoms with Gasteiger partial charge in [-0.15, -0.1) is 0 Å². The molecule has 0 saturated carbocycles. The highest BCUT2D eigenvalue weighted by molar-refractivity contribution is 5.94. The maximum absolute atomic E-state index is 12.1. The fourth-order valence-corrected chi connectivity index (χ4v) is 2.30. The van der Waals surface area contributed by atoms with Crippen LogP contribution in [0.4, 0.5) is 0 Å². The minimum Gasteiger partial charge on any atom is -0.508 e. The van der Waals surface area contributed by atoms with Gasteiger partial charge >= 0.3 is 5.97 Å². The summed E-state index contributed by atoms with van der Waals surface area (Å²) >= 11 is 0. The van der Waals surface area contributed by atoms with Crippen LogP contribution >= 0.6 is 0 Å². The molecule has 5 nitrogen and oxygen atoms in total. The molecule has 106 valence electrons. The number of nitrogens with zero attached hydrogens (tertiary/aromatic N) is 1. The molecule has 0 radical (unpaired) electrons. The number of aliphatic carboxylic acids is 1. The zero-order valence-electron chi connectivity index (χ0n) is 11.0. The molecule has 1 fully saturated rings. The highest BCUT2D eigenvalue weighted by atomic mass is 16.4. The number of carboxylic acid groups (broad SMARTS) is 1. The van der Waals surface area contributed by atoms with E-state index in [1.807, 2.05) is 0 Å². The minimum atomic E-state index is -0.948. The molecule has 2 rings (SSSR count). The van der Waals surface area contributed by atoms with E-state index in [9.17, 15) is 9.59 Å². The third-order valence-electron chi connectivity index (χ3n) is 3.38. The fraction of sp³-hybridized carbons (Fsp3) is 0.333. The number of piperidine rings is 1. The minimum absolute atomic E-state index is 0.162. The number of carbonyl (C=O) groups is 2. The first-order valence-electron chi connectivity index (χ1n) is 6.58. The van der Waals surface area contributed by atoms with Gasteiger partial charge in [0, 0.05) is 12.6 Å². The monoisotopic (exact) mass is 275 g/mol. The first-order valence-corrected chi connectivity index (χ1v) is 6.58. The molecule has 1 amide bonds. The third-order valence-corrected chi connectivity index (χ3v) is 3.38. The number of benzene rings is 1. The number of phenolic OH excluding ortho intramolecular Hbond substituents is 1. The zero-order valence-corrected chi connectivity index (χ0v) is 11.0. The summed E-state index contributed by atoms with van der Waals surface area (Å²) in [6.45, 7) is 0.482. The quantitative estimate of drug-likeness (QED) is 0.825. The van der Waals surface area contributed by atoms with Gasteiger partial charge in [0.05, 0.1) is 0 Å². The van der Waals surface area contributed by atoms with E-state index in [1.165, 1.54) is 23.1 Å². The Bertz CT molecular complexity index is 521. The molecule has 0 unspecified atom stereocenters. The average molecular weight is 275 g/mol. The second-order valence-electron chi connectivity index (χ2n) is 4.81.